The summed E-state index contributed by atoms with van der Waals surface area (Å²) in [5.74, 6) is 0. The topological polar surface area (TPSA) is 12.9 Å². The Bertz CT molecular complexity index is 1090. The number of rotatable bonds is 3. The maximum Gasteiger partial charge on any atom is 0.0716 e. The second-order valence-electron chi connectivity index (χ2n) is 7.52. The van der Waals surface area contributed by atoms with E-state index in [2.05, 4.69) is 135 Å². The number of benzene rings is 3. The molecule has 4 heteroatoms. The van der Waals surface area contributed by atoms with Crippen molar-refractivity contribution in [1.29, 1.82) is 0 Å². The van der Waals surface area contributed by atoms with Gasteiger partial charge in [-0.05, 0) is 78.9 Å². The third kappa shape index (κ3) is 4.46. The van der Waals surface area contributed by atoms with E-state index < -0.39 is 0 Å². The van der Waals surface area contributed by atoms with E-state index in [9.17, 15) is 0 Å². The quantitative estimate of drug-likeness (QED) is 0.233. The molecule has 0 aliphatic carbocycles. The monoisotopic (exact) mass is 583 g/mol. The molecule has 0 unspecified atom stereocenters. The van der Waals surface area contributed by atoms with Gasteiger partial charge in [-0.25, -0.2) is 4.98 Å². The van der Waals surface area contributed by atoms with Gasteiger partial charge in [-0.15, -0.1) is 0 Å². The van der Waals surface area contributed by atoms with E-state index in [0.29, 0.717) is 0 Å². The number of nitrogens with zero attached hydrogens (tertiary/aromatic N) is 1. The van der Waals surface area contributed by atoms with E-state index in [0.717, 1.165) is 47.1 Å². The molecule has 0 bridgehead atoms. The molecule has 3 aromatic carbocycles. The Hall–Kier alpha value is -1.75. The fourth-order valence-electron chi connectivity index (χ4n) is 3.27. The molecule has 150 valence electrons. The molecule has 0 radical (unpaired) electrons. The molecule has 4 rings (SSSR count). The highest BCUT2D eigenvalue weighted by Crippen LogP contribution is 2.34. The lowest BCUT2D eigenvalue weighted by atomic mass is 9.98. The van der Waals surface area contributed by atoms with Gasteiger partial charge in [-0.1, -0.05) is 84.2 Å². The highest BCUT2D eigenvalue weighted by atomic mass is 79.9. The van der Waals surface area contributed by atoms with Crippen LogP contribution in [0.5, 0.6) is 0 Å². The largest absolute Gasteiger partial charge is 0.248 e. The maximum atomic E-state index is 5.03. The summed E-state index contributed by atoms with van der Waals surface area (Å²) in [5, 5.41) is 0. The van der Waals surface area contributed by atoms with Crippen molar-refractivity contribution < 1.29 is 0 Å². The third-order valence-corrected chi connectivity index (χ3v) is 7.83. The summed E-state index contributed by atoms with van der Waals surface area (Å²) in [7, 11) is 0. The Morgan fingerprint density at radius 1 is 0.467 bits per heavy atom. The van der Waals surface area contributed by atoms with E-state index in [4.69, 9.17) is 4.98 Å². The third-order valence-electron chi connectivity index (χ3n) is 5.27. The predicted octanol–water partition coefficient (Wildman–Crippen LogP) is 9.30. The Morgan fingerprint density at radius 3 is 1.23 bits per heavy atom. The van der Waals surface area contributed by atoms with Crippen molar-refractivity contribution in [2.45, 2.75) is 20.8 Å². The number of pyridine rings is 1. The first kappa shape index (κ1) is 21.5. The van der Waals surface area contributed by atoms with Gasteiger partial charge in [0.1, 0.15) is 0 Å². The zero-order valence-electron chi connectivity index (χ0n) is 16.9. The van der Waals surface area contributed by atoms with Crippen molar-refractivity contribution in [3.8, 4) is 33.6 Å². The van der Waals surface area contributed by atoms with Crippen LogP contribution in [-0.4, -0.2) is 4.98 Å². The van der Waals surface area contributed by atoms with Crippen LogP contribution in [0.15, 0.2) is 80.1 Å². The van der Waals surface area contributed by atoms with Crippen molar-refractivity contribution in [1.82, 2.24) is 4.98 Å². The fourth-order valence-corrected chi connectivity index (χ4v) is 4.41. The van der Waals surface area contributed by atoms with Gasteiger partial charge in [0, 0.05) is 24.5 Å². The molecule has 0 fully saturated rings. The highest BCUT2D eigenvalue weighted by molar-refractivity contribution is 9.11. The van der Waals surface area contributed by atoms with Crippen molar-refractivity contribution in [3.63, 3.8) is 0 Å². The molecular formula is C26H20Br3N. The Labute approximate surface area is 203 Å². The Morgan fingerprint density at radius 2 is 0.833 bits per heavy atom. The average Bonchev–Trinajstić information content (AvgIpc) is 2.73. The number of hydrogen-bond donors (Lipinski definition) is 0. The number of hydrogen-bond acceptors (Lipinski definition) is 1. The van der Waals surface area contributed by atoms with Gasteiger partial charge in [0.2, 0.25) is 0 Å². The maximum absolute atomic E-state index is 5.03. The van der Waals surface area contributed by atoms with E-state index in [1.807, 2.05) is 0 Å². The van der Waals surface area contributed by atoms with E-state index in [-0.39, 0.29) is 0 Å². The molecule has 0 N–H and O–H groups in total. The lowest BCUT2D eigenvalue weighted by Crippen LogP contribution is -1.92. The van der Waals surface area contributed by atoms with E-state index in [1.165, 1.54) is 16.7 Å². The van der Waals surface area contributed by atoms with E-state index >= 15 is 0 Å². The van der Waals surface area contributed by atoms with Gasteiger partial charge in [-0.2, -0.15) is 0 Å². The molecule has 0 amide bonds. The average molecular weight is 586 g/mol. The number of halogens is 3. The summed E-state index contributed by atoms with van der Waals surface area (Å²) in [6, 6.07) is 23.6. The first-order valence-electron chi connectivity index (χ1n) is 9.63. The predicted molar refractivity (Wildman–Crippen MR) is 138 cm³/mol. The minimum atomic E-state index is 0.955. The van der Waals surface area contributed by atoms with Gasteiger partial charge in [0.25, 0.3) is 0 Å². The zero-order valence-corrected chi connectivity index (χ0v) is 21.7. The molecule has 0 atom stereocenters. The molecule has 1 aromatic heterocycles. The van der Waals surface area contributed by atoms with Gasteiger partial charge in [-0.3, -0.25) is 0 Å². The van der Waals surface area contributed by atoms with Crippen molar-refractivity contribution in [2.24, 2.45) is 0 Å². The van der Waals surface area contributed by atoms with E-state index in [1.54, 1.807) is 0 Å². The van der Waals surface area contributed by atoms with Crippen LogP contribution in [0.1, 0.15) is 16.7 Å². The highest BCUT2D eigenvalue weighted by Gasteiger charge is 2.11. The lowest BCUT2D eigenvalue weighted by Gasteiger charge is -2.12. The van der Waals surface area contributed by atoms with Gasteiger partial charge >= 0.3 is 0 Å². The minimum absolute atomic E-state index is 0.955. The summed E-state index contributed by atoms with van der Waals surface area (Å²) in [4.78, 5) is 5.03. The van der Waals surface area contributed by atoms with Gasteiger partial charge in [0.05, 0.1) is 11.4 Å². The standard InChI is InChI=1S/C26H20Br3N/c1-15-4-7-18(10-22(15)27)21-13-25(19-8-5-16(2)23(28)11-19)30-26(14-21)20-9-6-17(3)24(29)12-20/h4-14H,1-3H3. The van der Waals surface area contributed by atoms with Gasteiger partial charge < -0.3 is 0 Å². The van der Waals surface area contributed by atoms with Crippen LogP contribution in [-0.2, 0) is 0 Å². The van der Waals surface area contributed by atoms with Crippen LogP contribution in [0.4, 0.5) is 0 Å². The van der Waals surface area contributed by atoms with Crippen LogP contribution in [0, 0.1) is 20.8 Å². The summed E-state index contributed by atoms with van der Waals surface area (Å²) >= 11 is 11.0. The molecule has 0 aliphatic heterocycles. The summed E-state index contributed by atoms with van der Waals surface area (Å²) in [6.07, 6.45) is 0. The molecule has 0 saturated heterocycles. The second-order valence-corrected chi connectivity index (χ2v) is 10.1. The Balaban J connectivity index is 1.94. The minimum Gasteiger partial charge on any atom is -0.248 e. The molecule has 1 nitrogen and oxygen atoms in total. The molecular weight excluding hydrogens is 566 g/mol. The Kier molecular flexibility index (Phi) is 6.29. The molecule has 0 saturated carbocycles. The van der Waals surface area contributed by atoms with Gasteiger partial charge in [0.15, 0.2) is 0 Å². The normalized spacial score (nSPS) is 11.0. The summed E-state index contributed by atoms with van der Waals surface area (Å²) in [5.41, 5.74) is 10.0. The molecule has 30 heavy (non-hydrogen) atoms. The molecule has 4 aromatic rings. The van der Waals surface area contributed by atoms with Crippen molar-refractivity contribution >= 4 is 47.8 Å². The van der Waals surface area contributed by atoms with Crippen LogP contribution in [0.25, 0.3) is 33.6 Å². The van der Waals surface area contributed by atoms with Crippen LogP contribution >= 0.6 is 47.8 Å². The zero-order chi connectivity index (χ0) is 21.4. The lowest BCUT2D eigenvalue weighted by molar-refractivity contribution is 1.30. The molecule has 1 heterocycles. The van der Waals surface area contributed by atoms with Crippen molar-refractivity contribution in [2.75, 3.05) is 0 Å². The summed E-state index contributed by atoms with van der Waals surface area (Å²) < 4.78 is 3.28. The first-order valence-corrected chi connectivity index (χ1v) is 12.0. The van der Waals surface area contributed by atoms with Crippen molar-refractivity contribution in [3.05, 3.63) is 96.8 Å². The van der Waals surface area contributed by atoms with Crippen LogP contribution in [0.2, 0.25) is 0 Å². The first-order chi connectivity index (χ1) is 14.3. The SMILES string of the molecule is Cc1ccc(-c2cc(-c3ccc(C)c(Br)c3)nc(-c3ccc(C)c(Br)c3)c2)cc1Br. The smallest absolute Gasteiger partial charge is 0.0716 e. The number of aryl methyl sites for hydroxylation is 3. The molecule has 0 aliphatic rings. The number of aromatic nitrogens is 1. The summed E-state index contributed by atoms with van der Waals surface area (Å²) in [6.45, 7) is 6.29. The molecule has 0 spiro atoms. The second kappa shape index (κ2) is 8.78. The fraction of sp³-hybridized carbons (Fsp3) is 0.115. The van der Waals surface area contributed by atoms with Crippen LogP contribution in [0.3, 0.4) is 0 Å². The van der Waals surface area contributed by atoms with Crippen LogP contribution < -0.4 is 0 Å².